The molecule has 1 aliphatic rings. The highest BCUT2D eigenvalue weighted by molar-refractivity contribution is 6.04. The maximum absolute atomic E-state index is 12.9. The van der Waals surface area contributed by atoms with Crippen molar-refractivity contribution in [2.75, 3.05) is 16.0 Å². The van der Waals surface area contributed by atoms with Crippen LogP contribution < -0.4 is 16.0 Å². The average Bonchev–Trinajstić information content (AvgIpc) is 2.84. The van der Waals surface area contributed by atoms with Crippen LogP contribution >= 0.6 is 0 Å². The molecule has 0 spiro atoms. The second kappa shape index (κ2) is 8.51. The topological polar surface area (TPSA) is 78.9 Å². The average molecular weight is 461 g/mol. The van der Waals surface area contributed by atoms with Gasteiger partial charge in [-0.15, -0.1) is 0 Å². The number of hydrogen-bond donors (Lipinski definition) is 3. The second-order valence-corrected chi connectivity index (χ2v) is 7.74. The van der Waals surface area contributed by atoms with Gasteiger partial charge in [0.1, 0.15) is 18.0 Å². The summed E-state index contributed by atoms with van der Waals surface area (Å²) in [5.41, 5.74) is 3.33. The number of aromatic nitrogens is 2. The van der Waals surface area contributed by atoms with Crippen LogP contribution in [0.3, 0.4) is 0 Å². The predicted molar refractivity (Wildman–Crippen MR) is 124 cm³/mol. The number of carbonyl (C=O) groups is 1. The third kappa shape index (κ3) is 4.40. The van der Waals surface area contributed by atoms with Crippen LogP contribution in [0.25, 0.3) is 0 Å². The largest absolute Gasteiger partial charge is 0.416 e. The summed E-state index contributed by atoms with van der Waals surface area (Å²) in [5, 5.41) is 9.21. The highest BCUT2D eigenvalue weighted by Crippen LogP contribution is 2.35. The molecule has 0 saturated heterocycles. The number of amides is 1. The molecule has 170 valence electrons. The third-order valence-electron chi connectivity index (χ3n) is 5.44. The number of nitrogens with zero attached hydrogens (tertiary/aromatic N) is 2. The predicted octanol–water partition coefficient (Wildman–Crippen LogP) is 6.14. The van der Waals surface area contributed by atoms with E-state index < -0.39 is 17.6 Å². The van der Waals surface area contributed by atoms with Gasteiger partial charge in [0.25, 0.3) is 5.91 Å². The Morgan fingerprint density at radius 3 is 2.47 bits per heavy atom. The second-order valence-electron chi connectivity index (χ2n) is 7.74. The first kappa shape index (κ1) is 21.4. The van der Waals surface area contributed by atoms with Crippen LogP contribution in [-0.4, -0.2) is 15.9 Å². The van der Waals surface area contributed by atoms with Gasteiger partial charge in [-0.2, -0.15) is 13.2 Å². The summed E-state index contributed by atoms with van der Waals surface area (Å²) in [6.45, 7) is 0. The lowest BCUT2D eigenvalue weighted by atomic mass is 10.00. The molecule has 6 nitrogen and oxygen atoms in total. The normalized spacial score (nSPS) is 12.2. The molecule has 0 atom stereocenters. The summed E-state index contributed by atoms with van der Waals surface area (Å²) in [6.07, 6.45) is -2.36. The van der Waals surface area contributed by atoms with Gasteiger partial charge in [-0.25, -0.2) is 9.97 Å². The van der Waals surface area contributed by atoms with Crippen LogP contribution in [-0.2, 0) is 12.6 Å². The fraction of sp³-hybridized carbons (Fsp3) is 0.0800. The summed E-state index contributed by atoms with van der Waals surface area (Å²) in [4.78, 5) is 21.1. The lowest BCUT2D eigenvalue weighted by Crippen LogP contribution is -2.14. The fourth-order valence-electron chi connectivity index (χ4n) is 3.72. The fourth-order valence-corrected chi connectivity index (χ4v) is 3.72. The quantitative estimate of drug-likeness (QED) is 0.300. The van der Waals surface area contributed by atoms with Crippen molar-refractivity contribution in [3.05, 3.63) is 101 Å². The number of anilines is 5. The number of fused-ring (bicyclic) bond motifs is 2. The number of hydrogen-bond acceptors (Lipinski definition) is 5. The zero-order valence-corrected chi connectivity index (χ0v) is 17.6. The molecule has 0 aliphatic carbocycles. The molecule has 3 aromatic carbocycles. The molecule has 9 heteroatoms. The van der Waals surface area contributed by atoms with Crippen molar-refractivity contribution in [1.29, 1.82) is 0 Å². The van der Waals surface area contributed by atoms with Gasteiger partial charge in [-0.1, -0.05) is 24.3 Å². The highest BCUT2D eigenvalue weighted by atomic mass is 19.4. The third-order valence-corrected chi connectivity index (χ3v) is 5.44. The SMILES string of the molecule is O=C(Nc1ccc(Nc2ncnc3c2Cc2ccccc2N3)cc1)c1cccc(C(F)(F)F)c1. The van der Waals surface area contributed by atoms with Crippen molar-refractivity contribution in [3.8, 4) is 0 Å². The molecule has 2 heterocycles. The molecule has 34 heavy (non-hydrogen) atoms. The van der Waals surface area contributed by atoms with Crippen LogP contribution in [0.5, 0.6) is 0 Å². The smallest absolute Gasteiger partial charge is 0.340 e. The Bertz CT molecular complexity index is 1370. The van der Waals surface area contributed by atoms with Gasteiger partial charge in [0.2, 0.25) is 0 Å². The van der Waals surface area contributed by atoms with Crippen molar-refractivity contribution in [1.82, 2.24) is 9.97 Å². The van der Waals surface area contributed by atoms with Crippen LogP contribution in [0.15, 0.2) is 79.1 Å². The number of benzene rings is 3. The number of para-hydroxylation sites is 1. The standard InChI is InChI=1S/C25H18F3N5O/c26-25(27,28)17-6-3-5-16(12-17)24(34)32-19-10-8-18(9-11-19)31-22-20-13-15-4-1-2-7-21(15)33-23(20)30-14-29-22/h1-12,14H,13H2,(H,32,34)(H2,29,30,31,33). The monoisotopic (exact) mass is 461 g/mol. The van der Waals surface area contributed by atoms with Crippen LogP contribution in [0.1, 0.15) is 27.0 Å². The van der Waals surface area contributed by atoms with Gasteiger partial charge < -0.3 is 16.0 Å². The lowest BCUT2D eigenvalue weighted by molar-refractivity contribution is -0.137. The van der Waals surface area contributed by atoms with Crippen molar-refractivity contribution < 1.29 is 18.0 Å². The molecule has 0 radical (unpaired) electrons. The molecule has 0 bridgehead atoms. The zero-order valence-electron chi connectivity index (χ0n) is 17.6. The number of halogens is 3. The minimum Gasteiger partial charge on any atom is -0.340 e. The van der Waals surface area contributed by atoms with E-state index in [1.165, 1.54) is 18.5 Å². The molecule has 1 aliphatic heterocycles. The van der Waals surface area contributed by atoms with Crippen LogP contribution in [0, 0.1) is 0 Å². The number of nitrogens with one attached hydrogen (secondary N) is 3. The van der Waals surface area contributed by atoms with E-state index in [1.54, 1.807) is 24.3 Å². The van der Waals surface area contributed by atoms with E-state index in [9.17, 15) is 18.0 Å². The maximum atomic E-state index is 12.9. The number of carbonyl (C=O) groups excluding carboxylic acids is 1. The van der Waals surface area contributed by atoms with Crippen molar-refractivity contribution in [2.24, 2.45) is 0 Å². The first-order valence-corrected chi connectivity index (χ1v) is 10.4. The summed E-state index contributed by atoms with van der Waals surface area (Å²) >= 11 is 0. The van der Waals surface area contributed by atoms with E-state index in [4.69, 9.17) is 0 Å². The van der Waals surface area contributed by atoms with Gasteiger partial charge >= 0.3 is 6.18 Å². The van der Waals surface area contributed by atoms with E-state index in [-0.39, 0.29) is 5.56 Å². The van der Waals surface area contributed by atoms with Gasteiger partial charge in [0.05, 0.1) is 5.56 Å². The van der Waals surface area contributed by atoms with Gasteiger partial charge in [0.15, 0.2) is 0 Å². The lowest BCUT2D eigenvalue weighted by Gasteiger charge is -2.22. The number of alkyl halides is 3. The molecule has 1 amide bonds. The molecule has 5 rings (SSSR count). The highest BCUT2D eigenvalue weighted by Gasteiger charge is 2.30. The Morgan fingerprint density at radius 1 is 0.912 bits per heavy atom. The minimum absolute atomic E-state index is 0.0718. The van der Waals surface area contributed by atoms with Gasteiger partial charge in [-0.05, 0) is 54.1 Å². The Hall–Kier alpha value is -4.40. The summed E-state index contributed by atoms with van der Waals surface area (Å²) in [5.74, 6) is 0.773. The Morgan fingerprint density at radius 2 is 1.68 bits per heavy atom. The first-order valence-electron chi connectivity index (χ1n) is 10.4. The first-order chi connectivity index (χ1) is 16.4. The molecular formula is C25H18F3N5O. The van der Waals surface area contributed by atoms with E-state index in [2.05, 4.69) is 25.9 Å². The summed E-state index contributed by atoms with van der Waals surface area (Å²) in [7, 11) is 0. The number of rotatable bonds is 4. The molecular weight excluding hydrogens is 443 g/mol. The van der Waals surface area contributed by atoms with Crippen molar-refractivity contribution in [2.45, 2.75) is 12.6 Å². The summed E-state index contributed by atoms with van der Waals surface area (Å²) in [6, 6.07) is 19.1. The van der Waals surface area contributed by atoms with E-state index in [0.717, 1.165) is 40.5 Å². The molecule has 4 aromatic rings. The van der Waals surface area contributed by atoms with E-state index in [1.807, 2.05) is 24.3 Å². The molecule has 0 unspecified atom stereocenters. The Kier molecular flexibility index (Phi) is 5.37. The van der Waals surface area contributed by atoms with Crippen LogP contribution in [0.4, 0.5) is 41.9 Å². The minimum atomic E-state index is -4.51. The zero-order chi connectivity index (χ0) is 23.7. The molecule has 1 aromatic heterocycles. The van der Waals surface area contributed by atoms with Crippen LogP contribution in [0.2, 0.25) is 0 Å². The van der Waals surface area contributed by atoms with Gasteiger partial charge in [0, 0.05) is 34.6 Å². The molecule has 0 saturated carbocycles. The van der Waals surface area contributed by atoms with Gasteiger partial charge in [-0.3, -0.25) is 4.79 Å². The van der Waals surface area contributed by atoms with E-state index >= 15 is 0 Å². The van der Waals surface area contributed by atoms with Crippen molar-refractivity contribution >= 4 is 34.6 Å². The Labute approximate surface area is 192 Å². The molecule has 0 fully saturated rings. The maximum Gasteiger partial charge on any atom is 0.416 e. The summed E-state index contributed by atoms with van der Waals surface area (Å²) < 4.78 is 38.7. The Balaban J connectivity index is 1.30. The van der Waals surface area contributed by atoms with E-state index in [0.29, 0.717) is 17.9 Å². The van der Waals surface area contributed by atoms with Crippen molar-refractivity contribution in [3.63, 3.8) is 0 Å². The molecule has 3 N–H and O–H groups in total.